The van der Waals surface area contributed by atoms with Crippen LogP contribution >= 0.6 is 0 Å². The number of aliphatic hydroxyl groups is 3. The molecule has 0 bridgehead atoms. The van der Waals surface area contributed by atoms with E-state index in [-0.39, 0.29) is 0 Å². The van der Waals surface area contributed by atoms with Gasteiger partial charge < -0.3 is 24.8 Å². The third-order valence-corrected chi connectivity index (χ3v) is 2.07. The summed E-state index contributed by atoms with van der Waals surface area (Å²) < 4.78 is 9.78. The zero-order valence-electron chi connectivity index (χ0n) is 7.04. The van der Waals surface area contributed by atoms with E-state index < -0.39 is 30.7 Å². The van der Waals surface area contributed by atoms with Gasteiger partial charge in [0.05, 0.1) is 6.10 Å². The molecule has 72 valence electrons. The van der Waals surface area contributed by atoms with E-state index in [2.05, 4.69) is 0 Å². The molecular weight excluding hydrogens is 164 g/mol. The van der Waals surface area contributed by atoms with Crippen LogP contribution in [0.25, 0.3) is 0 Å². The third-order valence-electron chi connectivity index (χ3n) is 2.07. The lowest BCUT2D eigenvalue weighted by Gasteiger charge is -2.38. The molecule has 0 aromatic heterocycles. The van der Waals surface area contributed by atoms with E-state index in [9.17, 15) is 5.11 Å². The summed E-state index contributed by atoms with van der Waals surface area (Å²) in [6.07, 6.45) is -4.76. The largest absolute Gasteiger partial charge is 0.387 e. The smallest absolute Gasteiger partial charge is 0.183 e. The number of hydrogen-bond acceptors (Lipinski definition) is 5. The van der Waals surface area contributed by atoms with Crippen molar-refractivity contribution in [2.45, 2.75) is 37.6 Å². The molecule has 0 aliphatic carbocycles. The fourth-order valence-corrected chi connectivity index (χ4v) is 1.35. The van der Waals surface area contributed by atoms with E-state index in [1.54, 1.807) is 6.92 Å². The van der Waals surface area contributed by atoms with Crippen LogP contribution in [0.3, 0.4) is 0 Å². The molecule has 0 aromatic rings. The molecular formula is C7H14O5. The van der Waals surface area contributed by atoms with E-state index >= 15 is 0 Å². The van der Waals surface area contributed by atoms with E-state index in [4.69, 9.17) is 19.7 Å². The van der Waals surface area contributed by atoms with Gasteiger partial charge in [0.25, 0.3) is 0 Å². The molecule has 0 amide bonds. The average molecular weight is 178 g/mol. The second kappa shape index (κ2) is 3.68. The van der Waals surface area contributed by atoms with Crippen molar-refractivity contribution < 1.29 is 24.8 Å². The first kappa shape index (κ1) is 9.88. The molecule has 1 aliphatic rings. The monoisotopic (exact) mass is 178 g/mol. The van der Waals surface area contributed by atoms with Crippen LogP contribution in [0.4, 0.5) is 0 Å². The van der Waals surface area contributed by atoms with Gasteiger partial charge in [-0.05, 0) is 6.92 Å². The van der Waals surface area contributed by atoms with Gasteiger partial charge in [-0.25, -0.2) is 0 Å². The summed E-state index contributed by atoms with van der Waals surface area (Å²) in [4.78, 5) is 0. The molecule has 1 fully saturated rings. The Balaban J connectivity index is 2.65. The van der Waals surface area contributed by atoms with Crippen molar-refractivity contribution in [1.82, 2.24) is 0 Å². The zero-order valence-corrected chi connectivity index (χ0v) is 7.04. The van der Waals surface area contributed by atoms with E-state index in [1.807, 2.05) is 0 Å². The Morgan fingerprint density at radius 1 is 1.17 bits per heavy atom. The first-order valence-corrected chi connectivity index (χ1v) is 3.80. The topological polar surface area (TPSA) is 79.2 Å². The number of methoxy groups -OCH3 is 1. The highest BCUT2D eigenvalue weighted by molar-refractivity contribution is 4.87. The van der Waals surface area contributed by atoms with Crippen molar-refractivity contribution in [3.63, 3.8) is 0 Å². The highest BCUT2D eigenvalue weighted by Crippen LogP contribution is 2.21. The Kier molecular flexibility index (Phi) is 3.03. The molecule has 0 saturated carbocycles. The van der Waals surface area contributed by atoms with Crippen LogP contribution in [0.5, 0.6) is 0 Å². The minimum absolute atomic E-state index is 0.427. The van der Waals surface area contributed by atoms with Gasteiger partial charge in [0.1, 0.15) is 18.3 Å². The minimum Gasteiger partial charge on any atom is -0.387 e. The molecule has 1 heterocycles. The van der Waals surface area contributed by atoms with Crippen LogP contribution in [0.15, 0.2) is 0 Å². The molecule has 1 aliphatic heterocycles. The SMILES string of the molecule is CO[C@H]1[C@H](O)[C@H](O)C(O)O[C@@H]1C. The van der Waals surface area contributed by atoms with Crippen molar-refractivity contribution in [1.29, 1.82) is 0 Å². The number of rotatable bonds is 1. The summed E-state index contributed by atoms with van der Waals surface area (Å²) in [7, 11) is 1.41. The van der Waals surface area contributed by atoms with Crippen molar-refractivity contribution in [3.05, 3.63) is 0 Å². The highest BCUT2D eigenvalue weighted by Gasteiger charge is 2.41. The lowest BCUT2D eigenvalue weighted by molar-refractivity contribution is -0.281. The number of hydrogen-bond donors (Lipinski definition) is 3. The summed E-state index contributed by atoms with van der Waals surface area (Å²) >= 11 is 0. The number of ether oxygens (including phenoxy) is 2. The van der Waals surface area contributed by atoms with E-state index in [0.29, 0.717) is 0 Å². The lowest BCUT2D eigenvalue weighted by Crippen LogP contribution is -2.57. The Bertz CT molecular complexity index is 151. The molecule has 1 saturated heterocycles. The predicted molar refractivity (Wildman–Crippen MR) is 39.4 cm³/mol. The average Bonchev–Trinajstić information content (AvgIpc) is 2.01. The van der Waals surface area contributed by atoms with Gasteiger partial charge in [-0.3, -0.25) is 0 Å². The summed E-state index contributed by atoms with van der Waals surface area (Å²) in [6, 6.07) is 0. The van der Waals surface area contributed by atoms with Crippen LogP contribution in [0, 0.1) is 0 Å². The molecule has 0 radical (unpaired) electrons. The summed E-state index contributed by atoms with van der Waals surface area (Å²) in [5.41, 5.74) is 0. The Hall–Kier alpha value is -0.200. The third kappa shape index (κ3) is 1.60. The highest BCUT2D eigenvalue weighted by atomic mass is 16.6. The Morgan fingerprint density at radius 3 is 2.25 bits per heavy atom. The standard InChI is InChI=1S/C7H14O5/c1-3-6(11-2)4(8)5(9)7(10)12-3/h3-10H,1-2H3/t3-,4-,5+,6-,7?/m1/s1. The van der Waals surface area contributed by atoms with Crippen LogP contribution in [-0.4, -0.2) is 53.1 Å². The van der Waals surface area contributed by atoms with Crippen LogP contribution in [-0.2, 0) is 9.47 Å². The van der Waals surface area contributed by atoms with Gasteiger partial charge in [0.2, 0.25) is 0 Å². The van der Waals surface area contributed by atoms with Gasteiger partial charge in [-0.1, -0.05) is 0 Å². The zero-order chi connectivity index (χ0) is 9.30. The quantitative estimate of drug-likeness (QED) is 0.453. The second-order valence-electron chi connectivity index (χ2n) is 2.91. The first-order valence-electron chi connectivity index (χ1n) is 3.80. The van der Waals surface area contributed by atoms with Crippen molar-refractivity contribution in [2.75, 3.05) is 7.11 Å². The van der Waals surface area contributed by atoms with Crippen LogP contribution in [0.1, 0.15) is 6.92 Å². The van der Waals surface area contributed by atoms with Crippen LogP contribution in [0.2, 0.25) is 0 Å². The summed E-state index contributed by atoms with van der Waals surface area (Å²) in [6.45, 7) is 1.66. The first-order chi connectivity index (χ1) is 5.57. The molecule has 0 spiro atoms. The van der Waals surface area contributed by atoms with E-state index in [1.165, 1.54) is 7.11 Å². The minimum atomic E-state index is -1.33. The molecule has 5 atom stereocenters. The maximum Gasteiger partial charge on any atom is 0.183 e. The molecule has 5 heteroatoms. The summed E-state index contributed by atoms with van der Waals surface area (Å²) in [5.74, 6) is 0. The fraction of sp³-hybridized carbons (Fsp3) is 1.00. The second-order valence-corrected chi connectivity index (χ2v) is 2.91. The molecule has 3 N–H and O–H groups in total. The van der Waals surface area contributed by atoms with Gasteiger partial charge >= 0.3 is 0 Å². The Morgan fingerprint density at radius 2 is 1.75 bits per heavy atom. The van der Waals surface area contributed by atoms with Crippen LogP contribution < -0.4 is 0 Å². The van der Waals surface area contributed by atoms with E-state index in [0.717, 1.165) is 0 Å². The number of aliphatic hydroxyl groups excluding tert-OH is 3. The summed E-state index contributed by atoms with van der Waals surface area (Å²) in [5, 5.41) is 27.6. The predicted octanol–water partition coefficient (Wildman–Crippen LogP) is -1.54. The van der Waals surface area contributed by atoms with Gasteiger partial charge in [0, 0.05) is 7.11 Å². The van der Waals surface area contributed by atoms with Gasteiger partial charge in [0.15, 0.2) is 6.29 Å². The molecule has 0 aromatic carbocycles. The molecule has 12 heavy (non-hydrogen) atoms. The maximum atomic E-state index is 9.36. The van der Waals surface area contributed by atoms with Gasteiger partial charge in [-0.15, -0.1) is 0 Å². The Labute approximate surface area is 70.5 Å². The maximum absolute atomic E-state index is 9.36. The molecule has 1 unspecified atom stereocenters. The van der Waals surface area contributed by atoms with Gasteiger partial charge in [-0.2, -0.15) is 0 Å². The van der Waals surface area contributed by atoms with Crippen molar-refractivity contribution in [3.8, 4) is 0 Å². The molecule has 1 rings (SSSR count). The van der Waals surface area contributed by atoms with Crippen molar-refractivity contribution >= 4 is 0 Å². The molecule has 5 nitrogen and oxygen atoms in total. The normalized spacial score (nSPS) is 49.2. The fourth-order valence-electron chi connectivity index (χ4n) is 1.35. The lowest BCUT2D eigenvalue weighted by atomic mass is 10.00. The van der Waals surface area contributed by atoms with Crippen molar-refractivity contribution in [2.24, 2.45) is 0 Å².